The van der Waals surface area contributed by atoms with Crippen molar-refractivity contribution in [3.63, 3.8) is 0 Å². The maximum atomic E-state index is 12.8. The van der Waals surface area contributed by atoms with Crippen molar-refractivity contribution in [1.29, 1.82) is 0 Å². The number of halogens is 1. The summed E-state index contributed by atoms with van der Waals surface area (Å²) in [5.41, 5.74) is 0.478. The Bertz CT molecular complexity index is 623. The fourth-order valence-corrected chi connectivity index (χ4v) is 3.27. The summed E-state index contributed by atoms with van der Waals surface area (Å²) in [5, 5.41) is 11.2. The molecule has 1 heterocycles. The molecular formula is C16H19FN2O4S. The third-order valence-corrected chi connectivity index (χ3v) is 4.89. The fourth-order valence-electron chi connectivity index (χ4n) is 2.52. The predicted molar refractivity (Wildman–Crippen MR) is 89.3 cm³/mol. The lowest BCUT2D eigenvalue weighted by molar-refractivity contribution is -0.147. The van der Waals surface area contributed by atoms with Crippen molar-refractivity contribution >= 4 is 35.2 Å². The van der Waals surface area contributed by atoms with Gasteiger partial charge in [-0.25, -0.2) is 9.18 Å². The molecule has 0 radical (unpaired) electrons. The van der Waals surface area contributed by atoms with Crippen molar-refractivity contribution in [3.8, 4) is 0 Å². The van der Waals surface area contributed by atoms with Gasteiger partial charge in [0.25, 0.3) is 0 Å². The highest BCUT2D eigenvalue weighted by Gasteiger charge is 2.35. The van der Waals surface area contributed by atoms with Crippen molar-refractivity contribution in [3.05, 3.63) is 30.1 Å². The molecule has 1 unspecified atom stereocenters. The molecule has 0 saturated carbocycles. The van der Waals surface area contributed by atoms with E-state index in [0.717, 1.165) is 11.8 Å². The summed E-state index contributed by atoms with van der Waals surface area (Å²) in [4.78, 5) is 36.7. The van der Waals surface area contributed by atoms with E-state index in [-0.39, 0.29) is 23.4 Å². The third kappa shape index (κ3) is 4.70. The zero-order valence-corrected chi connectivity index (χ0v) is 14.0. The second kappa shape index (κ2) is 8.14. The van der Waals surface area contributed by atoms with E-state index in [1.54, 1.807) is 6.92 Å². The van der Waals surface area contributed by atoms with Crippen LogP contribution in [0.25, 0.3) is 0 Å². The number of nitrogens with one attached hydrogen (secondary N) is 1. The van der Waals surface area contributed by atoms with Gasteiger partial charge < -0.3 is 15.3 Å². The Morgan fingerprint density at radius 1 is 1.38 bits per heavy atom. The molecule has 1 aliphatic rings. The molecule has 2 atom stereocenters. The molecule has 0 bridgehead atoms. The van der Waals surface area contributed by atoms with Gasteiger partial charge in [-0.15, -0.1) is 11.8 Å². The van der Waals surface area contributed by atoms with E-state index in [2.05, 4.69) is 5.32 Å². The van der Waals surface area contributed by atoms with Gasteiger partial charge in [0, 0.05) is 12.2 Å². The highest BCUT2D eigenvalue weighted by atomic mass is 32.2. The van der Waals surface area contributed by atoms with E-state index < -0.39 is 17.3 Å². The first-order chi connectivity index (χ1) is 11.4. The van der Waals surface area contributed by atoms with E-state index in [0.29, 0.717) is 25.1 Å². The minimum atomic E-state index is -0.993. The molecule has 1 aliphatic heterocycles. The Labute approximate surface area is 143 Å². The van der Waals surface area contributed by atoms with E-state index in [1.807, 2.05) is 0 Å². The number of carbonyl (C=O) groups excluding carboxylic acids is 2. The number of nitrogens with zero attached hydrogens (tertiary/aromatic N) is 1. The summed E-state index contributed by atoms with van der Waals surface area (Å²) in [6.07, 6.45) is 1.13. The number of carboxylic acid groups (broad SMARTS) is 1. The van der Waals surface area contributed by atoms with Gasteiger partial charge in [-0.1, -0.05) is 0 Å². The maximum absolute atomic E-state index is 12.8. The number of thioether (sulfide) groups is 1. The van der Waals surface area contributed by atoms with Crippen molar-refractivity contribution in [2.24, 2.45) is 0 Å². The Balaban J connectivity index is 1.82. The minimum Gasteiger partial charge on any atom is -0.480 e. The number of anilines is 1. The van der Waals surface area contributed by atoms with Crippen molar-refractivity contribution in [2.75, 3.05) is 17.6 Å². The SMILES string of the molecule is CC(SCC(=O)Nc1ccc(F)cc1)C(=O)N1CCC[C@H]1C(=O)O. The zero-order chi connectivity index (χ0) is 17.7. The monoisotopic (exact) mass is 354 g/mol. The number of aliphatic carboxylic acids is 1. The predicted octanol–water partition coefficient (Wildman–Crippen LogP) is 1.96. The van der Waals surface area contributed by atoms with Gasteiger partial charge in [-0.2, -0.15) is 0 Å². The Kier molecular flexibility index (Phi) is 6.19. The lowest BCUT2D eigenvalue weighted by Gasteiger charge is -2.24. The summed E-state index contributed by atoms with van der Waals surface area (Å²) in [6.45, 7) is 2.10. The Morgan fingerprint density at radius 2 is 2.04 bits per heavy atom. The lowest BCUT2D eigenvalue weighted by atomic mass is 10.2. The zero-order valence-electron chi connectivity index (χ0n) is 13.2. The van der Waals surface area contributed by atoms with E-state index in [1.165, 1.54) is 29.2 Å². The molecule has 0 spiro atoms. The number of hydrogen-bond acceptors (Lipinski definition) is 4. The third-order valence-electron chi connectivity index (χ3n) is 3.76. The van der Waals surface area contributed by atoms with E-state index >= 15 is 0 Å². The molecule has 0 aromatic heterocycles. The molecule has 8 heteroatoms. The molecule has 1 aromatic rings. The molecule has 2 N–H and O–H groups in total. The molecule has 2 amide bonds. The van der Waals surface area contributed by atoms with Crippen LogP contribution in [0.1, 0.15) is 19.8 Å². The largest absolute Gasteiger partial charge is 0.480 e. The van der Waals surface area contributed by atoms with E-state index in [9.17, 15) is 18.8 Å². The van der Waals surface area contributed by atoms with Crippen molar-refractivity contribution in [2.45, 2.75) is 31.1 Å². The van der Waals surface area contributed by atoms with Crippen molar-refractivity contribution < 1.29 is 23.9 Å². The van der Waals surface area contributed by atoms with Crippen LogP contribution in [-0.2, 0) is 14.4 Å². The van der Waals surface area contributed by atoms with Crippen LogP contribution >= 0.6 is 11.8 Å². The van der Waals surface area contributed by atoms with Gasteiger partial charge in [-0.05, 0) is 44.0 Å². The van der Waals surface area contributed by atoms with Gasteiger partial charge >= 0.3 is 5.97 Å². The van der Waals surface area contributed by atoms with Crippen molar-refractivity contribution in [1.82, 2.24) is 4.90 Å². The summed E-state index contributed by atoms with van der Waals surface area (Å²) in [5.74, 6) is -1.90. The number of amides is 2. The molecule has 6 nitrogen and oxygen atoms in total. The molecular weight excluding hydrogens is 335 g/mol. The average molecular weight is 354 g/mol. The number of carbonyl (C=O) groups is 3. The molecule has 1 aromatic carbocycles. The van der Waals surface area contributed by atoms with Crippen LogP contribution in [0, 0.1) is 5.82 Å². The number of benzene rings is 1. The second-order valence-corrected chi connectivity index (χ2v) is 6.87. The van der Waals surface area contributed by atoms with Crippen LogP contribution in [0.2, 0.25) is 0 Å². The number of hydrogen-bond donors (Lipinski definition) is 2. The Hall–Kier alpha value is -2.09. The number of likely N-dealkylation sites (tertiary alicyclic amines) is 1. The normalized spacial score (nSPS) is 18.2. The van der Waals surface area contributed by atoms with Crippen LogP contribution in [0.5, 0.6) is 0 Å². The van der Waals surface area contributed by atoms with Crippen LogP contribution in [0.3, 0.4) is 0 Å². The highest BCUT2D eigenvalue weighted by Crippen LogP contribution is 2.22. The fraction of sp³-hybridized carbons (Fsp3) is 0.438. The number of carboxylic acids is 1. The molecule has 24 heavy (non-hydrogen) atoms. The summed E-state index contributed by atoms with van der Waals surface area (Å²) in [6, 6.07) is 4.62. The quantitative estimate of drug-likeness (QED) is 0.815. The van der Waals surface area contributed by atoms with Crippen LogP contribution in [-0.4, -0.2) is 51.4 Å². The summed E-state index contributed by atoms with van der Waals surface area (Å²) < 4.78 is 12.8. The molecule has 1 saturated heterocycles. The second-order valence-electron chi connectivity index (χ2n) is 5.54. The molecule has 0 aliphatic carbocycles. The van der Waals surface area contributed by atoms with E-state index in [4.69, 9.17) is 5.11 Å². The average Bonchev–Trinajstić information content (AvgIpc) is 3.04. The molecule has 1 fully saturated rings. The standard InChI is InChI=1S/C16H19FN2O4S/c1-10(15(21)19-8-2-3-13(19)16(22)23)24-9-14(20)18-12-6-4-11(17)5-7-12/h4-7,10,13H,2-3,8-9H2,1H3,(H,18,20)(H,22,23)/t10?,13-/m0/s1. The van der Waals surface area contributed by atoms with Gasteiger partial charge in [0.1, 0.15) is 11.9 Å². The van der Waals surface area contributed by atoms with Gasteiger partial charge in [-0.3, -0.25) is 9.59 Å². The Morgan fingerprint density at radius 3 is 2.67 bits per heavy atom. The molecule has 2 rings (SSSR count). The van der Waals surface area contributed by atoms with Crippen LogP contribution < -0.4 is 5.32 Å². The lowest BCUT2D eigenvalue weighted by Crippen LogP contribution is -2.44. The maximum Gasteiger partial charge on any atom is 0.326 e. The number of rotatable bonds is 6. The minimum absolute atomic E-state index is 0.0514. The smallest absolute Gasteiger partial charge is 0.326 e. The van der Waals surface area contributed by atoms with Gasteiger partial charge in [0.05, 0.1) is 11.0 Å². The highest BCUT2D eigenvalue weighted by molar-refractivity contribution is 8.01. The first-order valence-corrected chi connectivity index (χ1v) is 8.63. The summed E-state index contributed by atoms with van der Waals surface area (Å²) >= 11 is 1.15. The van der Waals surface area contributed by atoms with Crippen LogP contribution in [0.4, 0.5) is 10.1 Å². The first kappa shape index (κ1) is 18.3. The van der Waals surface area contributed by atoms with Crippen LogP contribution in [0.15, 0.2) is 24.3 Å². The first-order valence-electron chi connectivity index (χ1n) is 7.59. The van der Waals surface area contributed by atoms with Gasteiger partial charge in [0.15, 0.2) is 0 Å². The summed E-state index contributed by atoms with van der Waals surface area (Å²) in [7, 11) is 0. The molecule has 130 valence electrons. The van der Waals surface area contributed by atoms with Gasteiger partial charge in [0.2, 0.25) is 11.8 Å². The topological polar surface area (TPSA) is 86.7 Å².